The van der Waals surface area contributed by atoms with Crippen LogP contribution in [0.2, 0.25) is 0 Å². The number of nitrogens with zero attached hydrogens (tertiary/aromatic N) is 3. The third kappa shape index (κ3) is 3.34. The van der Waals surface area contributed by atoms with E-state index in [1.165, 1.54) is 17.3 Å². The lowest BCUT2D eigenvalue weighted by Gasteiger charge is -2.34. The molecule has 0 spiro atoms. The number of hydrogen-bond acceptors (Lipinski definition) is 6. The van der Waals surface area contributed by atoms with E-state index in [0.29, 0.717) is 28.6 Å². The van der Waals surface area contributed by atoms with Gasteiger partial charge in [0.15, 0.2) is 11.9 Å². The monoisotopic (exact) mass is 432 g/mol. The minimum atomic E-state index is -0.151. The number of aromatic nitrogens is 3. The first-order valence-corrected chi connectivity index (χ1v) is 10.7. The first-order chi connectivity index (χ1) is 12.5. The average Bonchev–Trinajstić information content (AvgIpc) is 2.77. The molecule has 136 valence electrons. The van der Waals surface area contributed by atoms with Gasteiger partial charge in [-0.1, -0.05) is 46.3 Å². The molecule has 0 unspecified atom stereocenters. The molecular weight excluding hydrogens is 412 g/mol. The van der Waals surface area contributed by atoms with Crippen molar-refractivity contribution in [2.45, 2.75) is 38.1 Å². The van der Waals surface area contributed by atoms with Gasteiger partial charge in [-0.25, -0.2) is 0 Å². The van der Waals surface area contributed by atoms with Crippen molar-refractivity contribution < 1.29 is 4.74 Å². The lowest BCUT2D eigenvalue weighted by atomic mass is 9.80. The van der Waals surface area contributed by atoms with Gasteiger partial charge in [0.25, 0.3) is 0 Å². The Labute approximate surface area is 166 Å². The van der Waals surface area contributed by atoms with Gasteiger partial charge in [-0.15, -0.1) is 10.2 Å². The van der Waals surface area contributed by atoms with Crippen molar-refractivity contribution >= 4 is 33.4 Å². The lowest BCUT2D eigenvalue weighted by Crippen LogP contribution is -2.39. The van der Waals surface area contributed by atoms with E-state index in [1.807, 2.05) is 18.4 Å². The summed E-state index contributed by atoms with van der Waals surface area (Å²) in [7, 11) is 0. The van der Waals surface area contributed by atoms with E-state index >= 15 is 0 Å². The normalized spacial score (nSPS) is 24.5. The molecule has 2 aromatic rings. The van der Waals surface area contributed by atoms with Gasteiger partial charge in [0.05, 0.1) is 0 Å². The Bertz CT molecular complexity index is 873. The van der Waals surface area contributed by atoms with Gasteiger partial charge in [0, 0.05) is 21.6 Å². The molecule has 3 atom stereocenters. The zero-order valence-electron chi connectivity index (χ0n) is 15.0. The molecule has 0 saturated heterocycles. The number of rotatable bonds is 2. The number of fused-ring (bicyclic) bond motifs is 3. The fourth-order valence-electron chi connectivity index (χ4n) is 3.71. The lowest BCUT2D eigenvalue weighted by molar-refractivity contribution is 0.114. The molecule has 2 aliphatic rings. The Morgan fingerprint density at radius 1 is 1.31 bits per heavy atom. The number of nitrogens with one attached hydrogen (secondary N) is 1. The van der Waals surface area contributed by atoms with Crippen molar-refractivity contribution in [3.63, 3.8) is 0 Å². The molecule has 0 bridgehead atoms. The number of anilines is 1. The Morgan fingerprint density at radius 3 is 2.92 bits per heavy atom. The van der Waals surface area contributed by atoms with Crippen LogP contribution in [0.1, 0.15) is 26.7 Å². The van der Waals surface area contributed by atoms with E-state index in [4.69, 9.17) is 4.74 Å². The fourth-order valence-corrected chi connectivity index (χ4v) is 4.36. The van der Waals surface area contributed by atoms with E-state index in [2.05, 4.69) is 62.4 Å². The first kappa shape index (κ1) is 17.8. The summed E-state index contributed by atoms with van der Waals surface area (Å²) < 4.78 is 7.37. The topological polar surface area (TPSA) is 59.9 Å². The van der Waals surface area contributed by atoms with Crippen LogP contribution in [0.4, 0.5) is 5.69 Å². The maximum Gasteiger partial charge on any atom is 0.247 e. The zero-order chi connectivity index (χ0) is 18.3. The van der Waals surface area contributed by atoms with Crippen molar-refractivity contribution in [3.05, 3.63) is 34.3 Å². The highest BCUT2D eigenvalue weighted by atomic mass is 79.9. The minimum Gasteiger partial charge on any atom is -0.452 e. The van der Waals surface area contributed by atoms with Crippen LogP contribution in [-0.4, -0.2) is 27.7 Å². The predicted molar refractivity (Wildman–Crippen MR) is 108 cm³/mol. The molecule has 1 N–H and O–H groups in total. The van der Waals surface area contributed by atoms with Crippen molar-refractivity contribution in [1.29, 1.82) is 0 Å². The largest absolute Gasteiger partial charge is 0.452 e. The number of ether oxygens (including phenoxy) is 1. The molecule has 1 aliphatic heterocycles. The van der Waals surface area contributed by atoms with Crippen LogP contribution in [0.25, 0.3) is 11.3 Å². The molecule has 26 heavy (non-hydrogen) atoms. The Balaban J connectivity index is 1.79. The molecule has 0 amide bonds. The van der Waals surface area contributed by atoms with Crippen LogP contribution in [0.15, 0.2) is 39.5 Å². The van der Waals surface area contributed by atoms with E-state index in [-0.39, 0.29) is 6.23 Å². The van der Waals surface area contributed by atoms with Gasteiger partial charge in [-0.2, -0.15) is 4.98 Å². The molecule has 1 aromatic carbocycles. The standard InChI is InChI=1S/C19H21BrN4OS/c1-10-4-6-13(11(2)8-10)17-21-15-7-5-12(20)9-14(15)16-18(25-17)22-19(26-3)24-23-16/h4-5,7,9,11,13,17,21H,6,8H2,1-3H3/t11-,13+,17+/m0/s1. The van der Waals surface area contributed by atoms with Crippen molar-refractivity contribution in [3.8, 4) is 17.1 Å². The highest BCUT2D eigenvalue weighted by Crippen LogP contribution is 2.41. The molecule has 4 rings (SSSR count). The van der Waals surface area contributed by atoms with E-state index in [1.54, 1.807) is 0 Å². The summed E-state index contributed by atoms with van der Waals surface area (Å²) in [5.41, 5.74) is 4.10. The molecule has 1 aliphatic carbocycles. The number of hydrogen-bond donors (Lipinski definition) is 1. The van der Waals surface area contributed by atoms with Gasteiger partial charge in [-0.05, 0) is 50.1 Å². The van der Waals surface area contributed by atoms with Crippen LogP contribution in [0.5, 0.6) is 5.88 Å². The molecule has 0 fully saturated rings. The SMILES string of the molecule is CSc1nnc2c(n1)O[C@H]([C@@H]1CC=C(C)C[C@@H]1C)Nc1ccc(Br)cc1-2. The van der Waals surface area contributed by atoms with Crippen LogP contribution < -0.4 is 10.1 Å². The number of benzene rings is 1. The summed E-state index contributed by atoms with van der Waals surface area (Å²) in [6.45, 7) is 4.50. The molecule has 2 heterocycles. The Kier molecular flexibility index (Phi) is 4.92. The summed E-state index contributed by atoms with van der Waals surface area (Å²) in [6, 6.07) is 6.12. The highest BCUT2D eigenvalue weighted by Gasteiger charge is 2.34. The second kappa shape index (κ2) is 7.19. The van der Waals surface area contributed by atoms with Gasteiger partial charge < -0.3 is 10.1 Å². The fraction of sp³-hybridized carbons (Fsp3) is 0.421. The number of allylic oxidation sites excluding steroid dienone is 2. The summed E-state index contributed by atoms with van der Waals surface area (Å²) in [4.78, 5) is 4.60. The summed E-state index contributed by atoms with van der Waals surface area (Å²) >= 11 is 5.02. The maximum atomic E-state index is 6.38. The highest BCUT2D eigenvalue weighted by molar-refractivity contribution is 9.10. The predicted octanol–water partition coefficient (Wildman–Crippen LogP) is 5.15. The number of thioether (sulfide) groups is 1. The van der Waals surface area contributed by atoms with Gasteiger partial charge in [-0.3, -0.25) is 0 Å². The Morgan fingerprint density at radius 2 is 2.15 bits per heavy atom. The first-order valence-electron chi connectivity index (χ1n) is 8.72. The third-order valence-electron chi connectivity index (χ3n) is 5.09. The average molecular weight is 433 g/mol. The minimum absolute atomic E-state index is 0.151. The summed E-state index contributed by atoms with van der Waals surface area (Å²) in [5.74, 6) is 1.46. The van der Waals surface area contributed by atoms with Crippen LogP contribution in [-0.2, 0) is 0 Å². The van der Waals surface area contributed by atoms with Crippen molar-refractivity contribution in [2.75, 3.05) is 11.6 Å². The summed E-state index contributed by atoms with van der Waals surface area (Å²) in [6.07, 6.45) is 6.22. The molecule has 1 aromatic heterocycles. The van der Waals surface area contributed by atoms with Crippen LogP contribution in [0, 0.1) is 11.8 Å². The molecule has 5 nitrogen and oxygen atoms in total. The molecule has 0 radical (unpaired) electrons. The van der Waals surface area contributed by atoms with E-state index in [9.17, 15) is 0 Å². The second-order valence-electron chi connectivity index (χ2n) is 6.96. The summed E-state index contributed by atoms with van der Waals surface area (Å²) in [5, 5.41) is 12.8. The number of halogens is 1. The third-order valence-corrected chi connectivity index (χ3v) is 6.12. The molecular formula is C19H21BrN4OS. The Hall–Kier alpha value is -1.60. The van der Waals surface area contributed by atoms with Crippen LogP contribution >= 0.6 is 27.7 Å². The molecule has 0 saturated carbocycles. The van der Waals surface area contributed by atoms with Gasteiger partial charge in [0.2, 0.25) is 11.0 Å². The van der Waals surface area contributed by atoms with Gasteiger partial charge >= 0.3 is 0 Å². The second-order valence-corrected chi connectivity index (χ2v) is 8.65. The van der Waals surface area contributed by atoms with Gasteiger partial charge in [0.1, 0.15) is 0 Å². The smallest absolute Gasteiger partial charge is 0.247 e. The molecule has 7 heteroatoms. The van der Waals surface area contributed by atoms with E-state index < -0.39 is 0 Å². The van der Waals surface area contributed by atoms with Crippen LogP contribution in [0.3, 0.4) is 0 Å². The zero-order valence-corrected chi connectivity index (χ0v) is 17.4. The quantitative estimate of drug-likeness (QED) is 0.523. The van der Waals surface area contributed by atoms with Crippen molar-refractivity contribution in [1.82, 2.24) is 15.2 Å². The maximum absolute atomic E-state index is 6.38. The van der Waals surface area contributed by atoms with Crippen molar-refractivity contribution in [2.24, 2.45) is 11.8 Å². The van der Waals surface area contributed by atoms with E-state index in [0.717, 1.165) is 28.6 Å².